The fraction of sp³-hybridized carbons (Fsp3) is 0.350. The molecule has 1 aromatic carbocycles. The number of benzene rings is 1. The summed E-state index contributed by atoms with van der Waals surface area (Å²) in [6.07, 6.45) is 0. The van der Waals surface area contributed by atoms with Gasteiger partial charge in [-0.05, 0) is 52.0 Å². The van der Waals surface area contributed by atoms with Crippen molar-refractivity contribution in [3.63, 3.8) is 0 Å². The standard InChI is InChI=1S/C20H27N7O2S/c1-7-27-14(3)20(13(2)24-27)30(28,29)25-17-10-8-16(9-11-17)23-18-12-19(26(5)6)22-15(4)21-18/h8-12,25H,7H2,1-6H3,(H,21,22,23). The highest BCUT2D eigenvalue weighted by molar-refractivity contribution is 7.92. The fourth-order valence-corrected chi connectivity index (χ4v) is 4.67. The van der Waals surface area contributed by atoms with Crippen molar-refractivity contribution in [2.75, 3.05) is 29.0 Å². The van der Waals surface area contributed by atoms with Gasteiger partial charge in [0.05, 0.1) is 11.4 Å². The van der Waals surface area contributed by atoms with E-state index in [9.17, 15) is 8.42 Å². The highest BCUT2D eigenvalue weighted by Crippen LogP contribution is 2.25. The number of rotatable bonds is 7. The molecule has 10 heteroatoms. The van der Waals surface area contributed by atoms with E-state index in [-0.39, 0.29) is 4.90 Å². The Labute approximate surface area is 177 Å². The van der Waals surface area contributed by atoms with Crippen molar-refractivity contribution in [1.82, 2.24) is 19.7 Å². The van der Waals surface area contributed by atoms with E-state index in [2.05, 4.69) is 25.1 Å². The minimum Gasteiger partial charge on any atom is -0.363 e. The molecule has 0 amide bonds. The summed E-state index contributed by atoms with van der Waals surface area (Å²) in [5.41, 5.74) is 2.36. The van der Waals surface area contributed by atoms with Gasteiger partial charge in [-0.15, -0.1) is 0 Å². The molecule has 0 radical (unpaired) electrons. The number of nitrogens with one attached hydrogen (secondary N) is 2. The van der Waals surface area contributed by atoms with Gasteiger partial charge in [-0.1, -0.05) is 0 Å². The van der Waals surface area contributed by atoms with Crippen LogP contribution in [-0.4, -0.2) is 42.3 Å². The largest absolute Gasteiger partial charge is 0.363 e. The molecule has 0 spiro atoms. The molecule has 9 nitrogen and oxygen atoms in total. The molecular formula is C20H27N7O2S. The summed E-state index contributed by atoms with van der Waals surface area (Å²) in [5.74, 6) is 2.12. The Kier molecular flexibility index (Phi) is 5.97. The van der Waals surface area contributed by atoms with Gasteiger partial charge in [-0.2, -0.15) is 5.10 Å². The highest BCUT2D eigenvalue weighted by atomic mass is 32.2. The molecule has 3 rings (SSSR count). The van der Waals surface area contributed by atoms with Crippen molar-refractivity contribution in [3.05, 3.63) is 47.5 Å². The van der Waals surface area contributed by atoms with Gasteiger partial charge < -0.3 is 10.2 Å². The number of anilines is 4. The second kappa shape index (κ2) is 8.31. The summed E-state index contributed by atoms with van der Waals surface area (Å²) in [5, 5.41) is 7.52. The zero-order valence-corrected chi connectivity index (χ0v) is 18.9. The van der Waals surface area contributed by atoms with E-state index in [4.69, 9.17) is 0 Å². The molecule has 30 heavy (non-hydrogen) atoms. The van der Waals surface area contributed by atoms with Crippen molar-refractivity contribution < 1.29 is 8.42 Å². The van der Waals surface area contributed by atoms with E-state index >= 15 is 0 Å². The number of sulfonamides is 1. The highest BCUT2D eigenvalue weighted by Gasteiger charge is 2.24. The Morgan fingerprint density at radius 1 is 1.03 bits per heavy atom. The Balaban J connectivity index is 1.79. The second-order valence-electron chi connectivity index (χ2n) is 7.18. The fourth-order valence-electron chi connectivity index (χ4n) is 3.20. The Bertz CT molecular complexity index is 1150. The first-order chi connectivity index (χ1) is 14.1. The summed E-state index contributed by atoms with van der Waals surface area (Å²) in [6.45, 7) is 7.83. The lowest BCUT2D eigenvalue weighted by Crippen LogP contribution is -2.15. The number of hydrogen-bond acceptors (Lipinski definition) is 7. The summed E-state index contributed by atoms with van der Waals surface area (Å²) in [6, 6.07) is 8.84. The summed E-state index contributed by atoms with van der Waals surface area (Å²) < 4.78 is 30.1. The lowest BCUT2D eigenvalue weighted by Gasteiger charge is -2.14. The molecule has 3 aromatic rings. The number of aryl methyl sites for hydroxylation is 3. The van der Waals surface area contributed by atoms with Crippen LogP contribution < -0.4 is 14.9 Å². The van der Waals surface area contributed by atoms with Gasteiger partial charge in [-0.25, -0.2) is 18.4 Å². The first-order valence-electron chi connectivity index (χ1n) is 9.57. The Hall–Kier alpha value is -3.14. The maximum Gasteiger partial charge on any atom is 0.265 e. The molecule has 0 aliphatic heterocycles. The molecule has 0 atom stereocenters. The molecular weight excluding hydrogens is 402 g/mol. The van der Waals surface area contributed by atoms with Gasteiger partial charge in [0, 0.05) is 38.1 Å². The molecule has 0 saturated heterocycles. The second-order valence-corrected chi connectivity index (χ2v) is 8.80. The van der Waals surface area contributed by atoms with E-state index in [1.807, 2.05) is 38.9 Å². The van der Waals surface area contributed by atoms with Gasteiger partial charge in [0.25, 0.3) is 10.0 Å². The van der Waals surface area contributed by atoms with E-state index in [1.165, 1.54) is 0 Å². The third kappa shape index (κ3) is 4.54. The van der Waals surface area contributed by atoms with Gasteiger partial charge in [0.2, 0.25) is 0 Å². The van der Waals surface area contributed by atoms with Crippen molar-refractivity contribution in [1.29, 1.82) is 0 Å². The van der Waals surface area contributed by atoms with Crippen LogP contribution in [0.1, 0.15) is 24.1 Å². The van der Waals surface area contributed by atoms with Crippen molar-refractivity contribution in [2.45, 2.75) is 39.1 Å². The average molecular weight is 430 g/mol. The van der Waals surface area contributed by atoms with Crippen LogP contribution in [0.5, 0.6) is 0 Å². The Morgan fingerprint density at radius 2 is 1.67 bits per heavy atom. The molecule has 0 saturated carbocycles. The summed E-state index contributed by atoms with van der Waals surface area (Å²) >= 11 is 0. The normalized spacial score (nSPS) is 11.4. The quantitative estimate of drug-likeness (QED) is 0.594. The number of aromatic nitrogens is 4. The molecule has 0 bridgehead atoms. The molecule has 2 heterocycles. The summed E-state index contributed by atoms with van der Waals surface area (Å²) in [4.78, 5) is 10.9. The predicted octanol–water partition coefficient (Wildman–Crippen LogP) is 3.23. The lowest BCUT2D eigenvalue weighted by atomic mass is 10.3. The maximum atomic E-state index is 12.9. The SMILES string of the molecule is CCn1nc(C)c(S(=O)(=O)Nc2ccc(Nc3cc(N(C)C)nc(C)n3)cc2)c1C. The van der Waals surface area contributed by atoms with Crippen LogP contribution >= 0.6 is 0 Å². The first-order valence-corrected chi connectivity index (χ1v) is 11.1. The Morgan fingerprint density at radius 3 is 2.23 bits per heavy atom. The average Bonchev–Trinajstić information content (AvgIpc) is 2.96. The van der Waals surface area contributed by atoms with Crippen LogP contribution in [0.25, 0.3) is 0 Å². The lowest BCUT2D eigenvalue weighted by molar-refractivity contribution is 0.598. The minimum absolute atomic E-state index is 0.222. The smallest absolute Gasteiger partial charge is 0.265 e. The first kappa shape index (κ1) is 21.6. The van der Waals surface area contributed by atoms with Crippen LogP contribution in [0.4, 0.5) is 23.0 Å². The molecule has 0 fully saturated rings. The topological polar surface area (TPSA) is 105 Å². The van der Waals surface area contributed by atoms with E-state index in [0.717, 1.165) is 11.5 Å². The number of nitrogens with zero attached hydrogens (tertiary/aromatic N) is 5. The monoisotopic (exact) mass is 429 g/mol. The van der Waals surface area contributed by atoms with Crippen LogP contribution in [-0.2, 0) is 16.6 Å². The zero-order chi connectivity index (χ0) is 22.1. The molecule has 0 aliphatic carbocycles. The van der Waals surface area contributed by atoms with E-state index in [0.29, 0.717) is 35.3 Å². The minimum atomic E-state index is -3.74. The predicted molar refractivity (Wildman–Crippen MR) is 119 cm³/mol. The van der Waals surface area contributed by atoms with Gasteiger partial charge >= 0.3 is 0 Å². The zero-order valence-electron chi connectivity index (χ0n) is 18.1. The van der Waals surface area contributed by atoms with Gasteiger partial charge in [0.1, 0.15) is 22.4 Å². The maximum absolute atomic E-state index is 12.9. The third-order valence-electron chi connectivity index (χ3n) is 4.58. The molecule has 0 aliphatic rings. The van der Waals surface area contributed by atoms with E-state index in [1.54, 1.807) is 42.8 Å². The van der Waals surface area contributed by atoms with E-state index < -0.39 is 10.0 Å². The van der Waals surface area contributed by atoms with Gasteiger partial charge in [0.15, 0.2) is 0 Å². The van der Waals surface area contributed by atoms with Crippen LogP contribution in [0.15, 0.2) is 35.2 Å². The van der Waals surface area contributed by atoms with Crippen LogP contribution in [0, 0.1) is 20.8 Å². The molecule has 2 N–H and O–H groups in total. The van der Waals surface area contributed by atoms with Crippen molar-refractivity contribution in [2.24, 2.45) is 0 Å². The van der Waals surface area contributed by atoms with Crippen molar-refractivity contribution in [3.8, 4) is 0 Å². The molecule has 2 aromatic heterocycles. The summed E-state index contributed by atoms with van der Waals surface area (Å²) in [7, 11) is 0.0972. The van der Waals surface area contributed by atoms with Gasteiger partial charge in [-0.3, -0.25) is 9.40 Å². The molecule has 0 unspecified atom stereocenters. The number of hydrogen-bond donors (Lipinski definition) is 2. The van der Waals surface area contributed by atoms with Crippen LogP contribution in [0.2, 0.25) is 0 Å². The third-order valence-corrected chi connectivity index (χ3v) is 6.21. The van der Waals surface area contributed by atoms with Crippen molar-refractivity contribution >= 4 is 33.0 Å². The van der Waals surface area contributed by atoms with Crippen LogP contribution in [0.3, 0.4) is 0 Å². The molecule has 160 valence electrons.